The fourth-order valence-corrected chi connectivity index (χ4v) is 3.55. The number of aliphatic hydroxyl groups is 1. The zero-order valence-electron chi connectivity index (χ0n) is 17.9. The Hall–Kier alpha value is -2.97. The smallest absolute Gasteiger partial charge is 0.254 e. The Balaban J connectivity index is 1.99. The molecule has 160 valence electrons. The van der Waals surface area contributed by atoms with Crippen molar-refractivity contribution in [3.63, 3.8) is 0 Å². The van der Waals surface area contributed by atoms with E-state index in [1.165, 1.54) is 0 Å². The molecule has 0 aliphatic carbocycles. The van der Waals surface area contributed by atoms with Crippen LogP contribution in [-0.2, 0) is 6.61 Å². The number of aromatic amines is 1. The molecule has 8 heteroatoms. The van der Waals surface area contributed by atoms with Gasteiger partial charge in [-0.05, 0) is 52.2 Å². The summed E-state index contributed by atoms with van der Waals surface area (Å²) in [7, 11) is 5.81. The monoisotopic (exact) mass is 411 g/mol. The second-order valence-electron chi connectivity index (χ2n) is 7.46. The summed E-state index contributed by atoms with van der Waals surface area (Å²) in [5.41, 5.74) is 2.80. The van der Waals surface area contributed by atoms with Crippen LogP contribution in [0.5, 0.6) is 5.75 Å². The molecule has 0 aliphatic heterocycles. The van der Waals surface area contributed by atoms with Crippen molar-refractivity contribution < 1.29 is 14.6 Å². The lowest BCUT2D eigenvalue weighted by Gasteiger charge is -2.30. The predicted octanol–water partition coefficient (Wildman–Crippen LogP) is 2.61. The Morgan fingerprint density at radius 1 is 1.27 bits per heavy atom. The van der Waals surface area contributed by atoms with Crippen LogP contribution in [0, 0.1) is 0 Å². The van der Waals surface area contributed by atoms with Gasteiger partial charge in [0.2, 0.25) is 0 Å². The van der Waals surface area contributed by atoms with Gasteiger partial charge in [0.05, 0.1) is 36.7 Å². The van der Waals surface area contributed by atoms with Gasteiger partial charge >= 0.3 is 0 Å². The van der Waals surface area contributed by atoms with Crippen molar-refractivity contribution in [1.29, 1.82) is 0 Å². The van der Waals surface area contributed by atoms with Gasteiger partial charge in [-0.25, -0.2) is 0 Å². The van der Waals surface area contributed by atoms with E-state index in [1.54, 1.807) is 36.5 Å². The lowest BCUT2D eigenvalue weighted by Crippen LogP contribution is -2.33. The van der Waals surface area contributed by atoms with Crippen LogP contribution in [0.2, 0.25) is 0 Å². The number of hydrogen-bond acceptors (Lipinski definition) is 6. The number of fused-ring (bicyclic) bond motifs is 1. The molecule has 3 rings (SSSR count). The van der Waals surface area contributed by atoms with Crippen molar-refractivity contribution in [3.8, 4) is 5.75 Å². The summed E-state index contributed by atoms with van der Waals surface area (Å²) < 4.78 is 5.55. The molecule has 0 bridgehead atoms. The second-order valence-corrected chi connectivity index (χ2v) is 7.46. The quantitative estimate of drug-likeness (QED) is 0.562. The SMILES string of the molecule is CCOc1cccc(C(=O)N(C)[C@H](CCN(C)C)c2cnc(CO)c3cn[nH]c23)c1. The predicted molar refractivity (Wildman–Crippen MR) is 115 cm³/mol. The first-order chi connectivity index (χ1) is 14.5. The summed E-state index contributed by atoms with van der Waals surface area (Å²) in [6, 6.07) is 7.01. The first kappa shape index (κ1) is 21.7. The highest BCUT2D eigenvalue weighted by Crippen LogP contribution is 2.31. The first-order valence-corrected chi connectivity index (χ1v) is 10.0. The summed E-state index contributed by atoms with van der Waals surface area (Å²) in [6.45, 7) is 3.08. The zero-order chi connectivity index (χ0) is 21.7. The van der Waals surface area contributed by atoms with Crippen LogP contribution < -0.4 is 4.74 Å². The standard InChI is InChI=1S/C22H29N5O3/c1-5-30-16-8-6-7-15(11-16)22(29)27(4)20(9-10-26(2)3)18-12-23-19(14-28)17-13-24-25-21(17)18/h6-8,11-13,20,28H,5,9-10,14H2,1-4H3,(H,24,25)/t20-/m1/s1. The molecular formula is C22H29N5O3. The number of nitrogens with one attached hydrogen (secondary N) is 1. The Labute approximate surface area is 176 Å². The third kappa shape index (κ3) is 4.60. The molecule has 0 aliphatic rings. The molecule has 0 fully saturated rings. The van der Waals surface area contributed by atoms with Crippen LogP contribution in [-0.4, -0.2) is 70.3 Å². The van der Waals surface area contributed by atoms with Gasteiger partial charge in [0.25, 0.3) is 5.91 Å². The van der Waals surface area contributed by atoms with Crippen molar-refractivity contribution in [1.82, 2.24) is 25.0 Å². The van der Waals surface area contributed by atoms with Crippen LogP contribution >= 0.6 is 0 Å². The topological polar surface area (TPSA) is 94.6 Å². The van der Waals surface area contributed by atoms with Crippen LogP contribution in [0.1, 0.15) is 41.0 Å². The number of ether oxygens (including phenoxy) is 1. The number of H-pyrrole nitrogens is 1. The van der Waals surface area contributed by atoms with Gasteiger partial charge in [0, 0.05) is 29.8 Å². The van der Waals surface area contributed by atoms with Gasteiger partial charge in [-0.3, -0.25) is 14.9 Å². The van der Waals surface area contributed by atoms with Crippen molar-refractivity contribution in [2.45, 2.75) is 26.0 Å². The number of rotatable bonds is 9. The molecule has 30 heavy (non-hydrogen) atoms. The molecular weight excluding hydrogens is 382 g/mol. The highest BCUT2D eigenvalue weighted by Gasteiger charge is 2.26. The third-order valence-electron chi connectivity index (χ3n) is 5.14. The van der Waals surface area contributed by atoms with Gasteiger partial charge < -0.3 is 19.6 Å². The summed E-state index contributed by atoms with van der Waals surface area (Å²) in [4.78, 5) is 21.6. The molecule has 0 saturated carbocycles. The maximum atomic E-state index is 13.3. The van der Waals surface area contributed by atoms with Gasteiger partial charge in [0.15, 0.2) is 0 Å². The van der Waals surface area contributed by atoms with E-state index < -0.39 is 0 Å². The molecule has 0 saturated heterocycles. The van der Waals surface area contributed by atoms with E-state index >= 15 is 0 Å². The summed E-state index contributed by atoms with van der Waals surface area (Å²) in [6.07, 6.45) is 4.11. The molecule has 3 aromatic rings. The average Bonchev–Trinajstić information content (AvgIpc) is 3.23. The summed E-state index contributed by atoms with van der Waals surface area (Å²) >= 11 is 0. The molecule has 0 radical (unpaired) electrons. The van der Waals surface area contributed by atoms with Crippen molar-refractivity contribution in [2.24, 2.45) is 0 Å². The molecule has 1 amide bonds. The fraction of sp³-hybridized carbons (Fsp3) is 0.409. The maximum Gasteiger partial charge on any atom is 0.254 e. The molecule has 1 aromatic carbocycles. The number of carbonyl (C=O) groups excluding carboxylic acids is 1. The molecule has 0 spiro atoms. The molecule has 2 aromatic heterocycles. The van der Waals surface area contributed by atoms with E-state index in [9.17, 15) is 9.90 Å². The van der Waals surface area contributed by atoms with E-state index in [4.69, 9.17) is 4.74 Å². The van der Waals surface area contributed by atoms with Crippen molar-refractivity contribution in [2.75, 3.05) is 34.3 Å². The Morgan fingerprint density at radius 2 is 2.07 bits per heavy atom. The zero-order valence-corrected chi connectivity index (χ0v) is 17.9. The molecule has 1 atom stereocenters. The Bertz CT molecular complexity index is 1000. The number of aromatic nitrogens is 3. The number of pyridine rings is 1. The second kappa shape index (κ2) is 9.69. The van der Waals surface area contributed by atoms with Gasteiger partial charge in [0.1, 0.15) is 5.75 Å². The van der Waals surface area contributed by atoms with Crippen LogP contribution in [0.15, 0.2) is 36.7 Å². The van der Waals surface area contributed by atoms with Gasteiger partial charge in [-0.15, -0.1) is 0 Å². The molecule has 8 nitrogen and oxygen atoms in total. The number of nitrogens with zero attached hydrogens (tertiary/aromatic N) is 4. The Kier molecular flexibility index (Phi) is 7.02. The van der Waals surface area contributed by atoms with Crippen molar-refractivity contribution in [3.05, 3.63) is 53.5 Å². The van der Waals surface area contributed by atoms with E-state index in [0.717, 1.165) is 23.0 Å². The number of amides is 1. The largest absolute Gasteiger partial charge is 0.494 e. The average molecular weight is 412 g/mol. The lowest BCUT2D eigenvalue weighted by atomic mass is 10.00. The third-order valence-corrected chi connectivity index (χ3v) is 5.14. The van der Waals surface area contributed by atoms with Gasteiger partial charge in [-0.2, -0.15) is 5.10 Å². The highest BCUT2D eigenvalue weighted by atomic mass is 16.5. The minimum absolute atomic E-state index is 0.0980. The van der Waals surface area contributed by atoms with Crippen LogP contribution in [0.25, 0.3) is 10.9 Å². The normalized spacial score (nSPS) is 12.3. The minimum Gasteiger partial charge on any atom is -0.494 e. The number of aliphatic hydroxyl groups excluding tert-OH is 1. The van der Waals surface area contributed by atoms with E-state index in [0.29, 0.717) is 30.0 Å². The molecule has 2 heterocycles. The minimum atomic E-state index is -0.223. The fourth-order valence-electron chi connectivity index (χ4n) is 3.55. The maximum absolute atomic E-state index is 13.3. The number of benzene rings is 1. The van der Waals surface area contributed by atoms with E-state index in [2.05, 4.69) is 20.1 Å². The first-order valence-electron chi connectivity index (χ1n) is 10.0. The van der Waals surface area contributed by atoms with E-state index in [1.807, 2.05) is 33.2 Å². The lowest BCUT2D eigenvalue weighted by molar-refractivity contribution is 0.0716. The molecule has 0 unspecified atom stereocenters. The van der Waals surface area contributed by atoms with Crippen LogP contribution in [0.3, 0.4) is 0 Å². The van der Waals surface area contributed by atoms with Gasteiger partial charge in [-0.1, -0.05) is 6.07 Å². The Morgan fingerprint density at radius 3 is 2.77 bits per heavy atom. The summed E-state index contributed by atoms with van der Waals surface area (Å²) in [5, 5.41) is 17.5. The number of hydrogen-bond donors (Lipinski definition) is 2. The number of carbonyl (C=O) groups is 1. The van der Waals surface area contributed by atoms with E-state index in [-0.39, 0.29) is 18.6 Å². The summed E-state index contributed by atoms with van der Waals surface area (Å²) in [5.74, 6) is 0.575. The molecule has 2 N–H and O–H groups in total. The van der Waals surface area contributed by atoms with Crippen LogP contribution in [0.4, 0.5) is 0 Å². The highest BCUT2D eigenvalue weighted by molar-refractivity contribution is 5.95. The van der Waals surface area contributed by atoms with Crippen molar-refractivity contribution >= 4 is 16.8 Å².